The third kappa shape index (κ3) is 3.31. The number of nitriles is 1. The smallest absolute Gasteiger partial charge is 0.310 e. The van der Waals surface area contributed by atoms with Gasteiger partial charge in [-0.05, 0) is 36.1 Å². The monoisotopic (exact) mass is 247 g/mol. The maximum atomic E-state index is 11.5. The Morgan fingerprint density at radius 3 is 2.56 bits per heavy atom. The van der Waals surface area contributed by atoms with E-state index in [4.69, 9.17) is 10.00 Å². The van der Waals surface area contributed by atoms with E-state index in [2.05, 4.69) is 0 Å². The van der Waals surface area contributed by atoms with E-state index in [1.807, 2.05) is 13.0 Å². The van der Waals surface area contributed by atoms with Crippen LogP contribution < -0.4 is 0 Å². The molecule has 0 aliphatic heterocycles. The molecule has 0 aliphatic carbocycles. The third-order valence-corrected chi connectivity index (χ3v) is 2.74. The van der Waals surface area contributed by atoms with Gasteiger partial charge in [0.1, 0.15) is 0 Å². The Morgan fingerprint density at radius 2 is 2.06 bits per heavy atom. The van der Waals surface area contributed by atoms with E-state index in [0.29, 0.717) is 17.7 Å². The molecule has 0 bridgehead atoms. The summed E-state index contributed by atoms with van der Waals surface area (Å²) in [5.41, 5.74) is 2.77. The van der Waals surface area contributed by atoms with E-state index in [1.165, 1.54) is 0 Å². The molecule has 0 radical (unpaired) electrons. The Morgan fingerprint density at radius 1 is 1.33 bits per heavy atom. The molecule has 1 N–H and O–H groups in total. The topological polar surface area (TPSA) is 70.3 Å². The zero-order chi connectivity index (χ0) is 13.5. The third-order valence-electron chi connectivity index (χ3n) is 2.74. The second-order valence-electron chi connectivity index (χ2n) is 3.88. The number of esters is 1. The van der Waals surface area contributed by atoms with E-state index in [-0.39, 0.29) is 19.0 Å². The lowest BCUT2D eigenvalue weighted by atomic mass is 9.96. The minimum atomic E-state index is -0.298. The number of aliphatic hydroxyl groups is 1. The summed E-state index contributed by atoms with van der Waals surface area (Å²) in [5.74, 6) is -0.298. The molecule has 4 nitrogen and oxygen atoms in total. The second kappa shape index (κ2) is 6.77. The average Bonchev–Trinajstić information content (AvgIpc) is 2.38. The summed E-state index contributed by atoms with van der Waals surface area (Å²) in [5, 5.41) is 18.2. The van der Waals surface area contributed by atoms with E-state index in [1.54, 1.807) is 19.1 Å². The summed E-state index contributed by atoms with van der Waals surface area (Å²) in [6.07, 6.45) is 0.908. The molecule has 0 fully saturated rings. The first kappa shape index (κ1) is 14.2. The van der Waals surface area contributed by atoms with Gasteiger partial charge in [0.05, 0.1) is 31.3 Å². The fraction of sp³-hybridized carbons (Fsp3) is 0.429. The Balaban J connectivity index is 3.10. The molecule has 1 rings (SSSR count). The standard InChI is InChI=1S/C14H17NO3/c1-3-10-5-13(9-16)12(8-15)6-11(10)7-14(17)18-4-2/h5-6,16H,3-4,7,9H2,1-2H3. The quantitative estimate of drug-likeness (QED) is 0.804. The van der Waals surface area contributed by atoms with Crippen LogP contribution in [0, 0.1) is 11.3 Å². The lowest BCUT2D eigenvalue weighted by molar-refractivity contribution is -0.142. The summed E-state index contributed by atoms with van der Waals surface area (Å²) in [6, 6.07) is 5.48. The zero-order valence-electron chi connectivity index (χ0n) is 10.7. The molecule has 1 aromatic rings. The summed E-state index contributed by atoms with van der Waals surface area (Å²) in [6.45, 7) is 3.90. The number of nitrogens with zero attached hydrogens (tertiary/aromatic N) is 1. The number of aliphatic hydroxyl groups excluding tert-OH is 1. The van der Waals surface area contributed by atoms with Gasteiger partial charge in [0, 0.05) is 0 Å². The highest BCUT2D eigenvalue weighted by Gasteiger charge is 2.12. The van der Waals surface area contributed by atoms with Gasteiger partial charge in [-0.2, -0.15) is 5.26 Å². The number of carbonyl (C=O) groups excluding carboxylic acids is 1. The molecule has 96 valence electrons. The number of hydrogen-bond donors (Lipinski definition) is 1. The molecular formula is C14H17NO3. The first-order chi connectivity index (χ1) is 8.65. The highest BCUT2D eigenvalue weighted by atomic mass is 16.5. The molecule has 18 heavy (non-hydrogen) atoms. The highest BCUT2D eigenvalue weighted by Crippen LogP contribution is 2.18. The van der Waals surface area contributed by atoms with Gasteiger partial charge in [0.15, 0.2) is 0 Å². The van der Waals surface area contributed by atoms with Crippen LogP contribution in [0.25, 0.3) is 0 Å². The summed E-state index contributed by atoms with van der Waals surface area (Å²) >= 11 is 0. The average molecular weight is 247 g/mol. The Bertz CT molecular complexity index is 475. The van der Waals surface area contributed by atoms with Crippen LogP contribution in [0.4, 0.5) is 0 Å². The van der Waals surface area contributed by atoms with Crippen LogP contribution in [0.1, 0.15) is 36.1 Å². The Kier molecular flexibility index (Phi) is 5.34. The van der Waals surface area contributed by atoms with Gasteiger partial charge >= 0.3 is 5.97 Å². The lowest BCUT2D eigenvalue weighted by Crippen LogP contribution is -2.10. The molecule has 0 aromatic heterocycles. The number of carbonyl (C=O) groups is 1. The first-order valence-electron chi connectivity index (χ1n) is 5.97. The maximum absolute atomic E-state index is 11.5. The molecule has 0 aliphatic rings. The Labute approximate surface area is 107 Å². The molecule has 4 heteroatoms. The van der Waals surface area contributed by atoms with Crippen molar-refractivity contribution < 1.29 is 14.6 Å². The SMILES string of the molecule is CCOC(=O)Cc1cc(C#N)c(CO)cc1CC. The molecule has 0 amide bonds. The summed E-state index contributed by atoms with van der Waals surface area (Å²) in [7, 11) is 0. The van der Waals surface area contributed by atoms with Gasteiger partial charge in [-0.15, -0.1) is 0 Å². The van der Waals surface area contributed by atoms with Gasteiger partial charge in [-0.3, -0.25) is 4.79 Å². The molecule has 1 aromatic carbocycles. The van der Waals surface area contributed by atoms with Gasteiger partial charge in [-0.1, -0.05) is 13.0 Å². The van der Waals surface area contributed by atoms with Crippen molar-refractivity contribution in [2.75, 3.05) is 6.61 Å². The van der Waals surface area contributed by atoms with Crippen molar-refractivity contribution in [2.45, 2.75) is 33.3 Å². The number of hydrogen-bond acceptors (Lipinski definition) is 4. The van der Waals surface area contributed by atoms with Crippen LogP contribution in [-0.4, -0.2) is 17.7 Å². The highest BCUT2D eigenvalue weighted by molar-refractivity contribution is 5.73. The van der Waals surface area contributed by atoms with Gasteiger partial charge < -0.3 is 9.84 Å². The largest absolute Gasteiger partial charge is 0.466 e. The van der Waals surface area contributed by atoms with E-state index in [0.717, 1.165) is 17.5 Å². The van der Waals surface area contributed by atoms with Crippen molar-refractivity contribution in [1.82, 2.24) is 0 Å². The molecule has 0 spiro atoms. The maximum Gasteiger partial charge on any atom is 0.310 e. The molecular weight excluding hydrogens is 230 g/mol. The van der Waals surface area contributed by atoms with Crippen molar-refractivity contribution in [3.05, 3.63) is 34.4 Å². The fourth-order valence-electron chi connectivity index (χ4n) is 1.84. The fourth-order valence-corrected chi connectivity index (χ4v) is 1.84. The molecule has 0 saturated carbocycles. The number of rotatable bonds is 5. The minimum absolute atomic E-state index is 0.164. The molecule has 0 heterocycles. The van der Waals surface area contributed by atoms with Crippen LogP contribution in [-0.2, 0) is 29.0 Å². The van der Waals surface area contributed by atoms with Crippen LogP contribution in [0.3, 0.4) is 0 Å². The first-order valence-corrected chi connectivity index (χ1v) is 5.97. The van der Waals surface area contributed by atoms with Gasteiger partial charge in [0.2, 0.25) is 0 Å². The molecule has 0 unspecified atom stereocenters. The lowest BCUT2D eigenvalue weighted by Gasteiger charge is -2.11. The van der Waals surface area contributed by atoms with Crippen molar-refractivity contribution in [3.63, 3.8) is 0 Å². The number of benzene rings is 1. The van der Waals surface area contributed by atoms with Crippen LogP contribution in [0.15, 0.2) is 12.1 Å². The van der Waals surface area contributed by atoms with Crippen molar-refractivity contribution >= 4 is 5.97 Å². The Hall–Kier alpha value is -1.86. The minimum Gasteiger partial charge on any atom is -0.466 e. The molecule has 0 atom stereocenters. The van der Waals surface area contributed by atoms with Gasteiger partial charge in [-0.25, -0.2) is 0 Å². The normalized spacial score (nSPS) is 9.89. The van der Waals surface area contributed by atoms with Crippen LogP contribution >= 0.6 is 0 Å². The summed E-state index contributed by atoms with van der Waals surface area (Å²) in [4.78, 5) is 11.5. The predicted octanol–water partition coefficient (Wildman–Crippen LogP) is 1.72. The number of aryl methyl sites for hydroxylation is 1. The summed E-state index contributed by atoms with van der Waals surface area (Å²) < 4.78 is 4.90. The van der Waals surface area contributed by atoms with E-state index >= 15 is 0 Å². The van der Waals surface area contributed by atoms with E-state index in [9.17, 15) is 9.90 Å². The van der Waals surface area contributed by atoms with E-state index < -0.39 is 0 Å². The van der Waals surface area contributed by atoms with Crippen molar-refractivity contribution in [2.24, 2.45) is 0 Å². The van der Waals surface area contributed by atoms with Crippen LogP contribution in [0.5, 0.6) is 0 Å². The predicted molar refractivity (Wildman–Crippen MR) is 66.8 cm³/mol. The zero-order valence-corrected chi connectivity index (χ0v) is 10.7. The molecule has 0 saturated heterocycles. The van der Waals surface area contributed by atoms with Crippen molar-refractivity contribution in [3.8, 4) is 6.07 Å². The second-order valence-corrected chi connectivity index (χ2v) is 3.88. The van der Waals surface area contributed by atoms with Crippen LogP contribution in [0.2, 0.25) is 0 Å². The van der Waals surface area contributed by atoms with Gasteiger partial charge in [0.25, 0.3) is 0 Å². The number of ether oxygens (including phenoxy) is 1. The van der Waals surface area contributed by atoms with Crippen molar-refractivity contribution in [1.29, 1.82) is 5.26 Å².